The molecule has 0 amide bonds. The van der Waals surface area contributed by atoms with Crippen LogP contribution in [0.3, 0.4) is 0 Å². The molecule has 1 saturated heterocycles. The topological polar surface area (TPSA) is 29.5 Å². The maximum atomic E-state index is 13.2. The summed E-state index contributed by atoms with van der Waals surface area (Å²) in [4.78, 5) is 15.4. The highest BCUT2D eigenvalue weighted by molar-refractivity contribution is 6.01. The maximum Gasteiger partial charge on any atom is 0.416 e. The molecule has 6 heteroatoms. The van der Waals surface area contributed by atoms with Crippen molar-refractivity contribution in [1.82, 2.24) is 4.90 Å². The van der Waals surface area contributed by atoms with Crippen molar-refractivity contribution in [3.63, 3.8) is 0 Å². The van der Waals surface area contributed by atoms with Crippen molar-refractivity contribution < 1.29 is 22.7 Å². The van der Waals surface area contributed by atoms with Crippen LogP contribution >= 0.6 is 0 Å². The molecule has 0 saturated carbocycles. The number of carbonyl (C=O) groups excluding carboxylic acids is 1. The largest absolute Gasteiger partial charge is 0.490 e. The van der Waals surface area contributed by atoms with Gasteiger partial charge in [0.1, 0.15) is 11.9 Å². The van der Waals surface area contributed by atoms with Crippen LogP contribution in [0.25, 0.3) is 0 Å². The van der Waals surface area contributed by atoms with Gasteiger partial charge in [-0.1, -0.05) is 54.6 Å². The van der Waals surface area contributed by atoms with E-state index in [4.69, 9.17) is 4.74 Å². The van der Waals surface area contributed by atoms with Crippen molar-refractivity contribution >= 4 is 5.78 Å². The molecule has 3 aromatic carbocycles. The number of hydrogen-bond acceptors (Lipinski definition) is 3. The minimum absolute atomic E-state index is 0.0237. The van der Waals surface area contributed by atoms with Crippen LogP contribution in [0, 0.1) is 6.92 Å². The number of aryl methyl sites for hydroxylation is 1. The van der Waals surface area contributed by atoms with Gasteiger partial charge in [0.2, 0.25) is 0 Å². The Kier molecular flexibility index (Phi) is 7.08. The first-order chi connectivity index (χ1) is 16.2. The predicted molar refractivity (Wildman–Crippen MR) is 126 cm³/mol. The molecule has 1 aliphatic rings. The van der Waals surface area contributed by atoms with Gasteiger partial charge < -0.3 is 4.74 Å². The number of Topliss-reactive ketones (excluding diaryl/α,β-unsaturated/α-hetero) is 1. The number of alkyl halides is 3. The molecule has 4 rings (SSSR count). The summed E-state index contributed by atoms with van der Waals surface area (Å²) in [5.41, 5.74) is 2.08. The Bertz CT molecular complexity index is 1110. The zero-order chi connectivity index (χ0) is 24.3. The van der Waals surface area contributed by atoms with Crippen molar-refractivity contribution in [2.45, 2.75) is 44.5 Å². The normalized spacial score (nSPS) is 20.0. The monoisotopic (exact) mass is 467 g/mol. The zero-order valence-corrected chi connectivity index (χ0v) is 19.3. The molecular formula is C28H28F3NO2. The standard InChI is InChI=1S/C28H28F3NO2/c1-19-8-6-7-11-24(19)27(33)20(2)32-17-16-26(25(18-32)21-9-4-3-5-10-21)34-23-14-12-22(13-15-23)28(29,30)31/h3-15,20,25-26H,16-18H2,1-2H3/t20?,25-,26-/m0/s1. The SMILES string of the molecule is Cc1ccccc1C(=O)C(C)N1CC[C@H](Oc2ccc(C(F)(F)F)cc2)[C@H](c2ccccc2)C1. The molecule has 1 heterocycles. The molecule has 0 radical (unpaired) electrons. The second-order valence-corrected chi connectivity index (χ2v) is 8.83. The van der Waals surface area contributed by atoms with Crippen LogP contribution in [-0.2, 0) is 6.18 Å². The number of likely N-dealkylation sites (tertiary alicyclic amines) is 1. The molecule has 34 heavy (non-hydrogen) atoms. The molecular weight excluding hydrogens is 439 g/mol. The molecule has 0 spiro atoms. The van der Waals surface area contributed by atoms with E-state index in [1.165, 1.54) is 12.1 Å². The zero-order valence-electron chi connectivity index (χ0n) is 19.3. The number of halogens is 3. The van der Waals surface area contributed by atoms with Gasteiger partial charge in [0.15, 0.2) is 5.78 Å². The molecule has 0 bridgehead atoms. The van der Waals surface area contributed by atoms with E-state index in [1.54, 1.807) is 0 Å². The molecule has 0 aromatic heterocycles. The molecule has 0 aliphatic carbocycles. The summed E-state index contributed by atoms with van der Waals surface area (Å²) in [6.07, 6.45) is -3.93. The van der Waals surface area contributed by atoms with Crippen LogP contribution in [0.2, 0.25) is 0 Å². The van der Waals surface area contributed by atoms with Gasteiger partial charge in [0, 0.05) is 24.6 Å². The first-order valence-electron chi connectivity index (χ1n) is 11.5. The third kappa shape index (κ3) is 5.33. The fourth-order valence-electron chi connectivity index (χ4n) is 4.61. The Balaban J connectivity index is 1.53. The van der Waals surface area contributed by atoms with Gasteiger partial charge >= 0.3 is 6.18 Å². The highest BCUT2D eigenvalue weighted by atomic mass is 19.4. The van der Waals surface area contributed by atoms with Crippen LogP contribution in [0.5, 0.6) is 5.75 Å². The molecule has 1 aliphatic heterocycles. The number of benzene rings is 3. The van der Waals surface area contributed by atoms with Crippen LogP contribution in [0.15, 0.2) is 78.9 Å². The summed E-state index contributed by atoms with van der Waals surface area (Å²) >= 11 is 0. The van der Waals surface area contributed by atoms with Gasteiger partial charge in [-0.15, -0.1) is 0 Å². The van der Waals surface area contributed by atoms with Gasteiger partial charge in [0.25, 0.3) is 0 Å². The minimum Gasteiger partial charge on any atom is -0.490 e. The lowest BCUT2D eigenvalue weighted by Gasteiger charge is -2.41. The number of piperidine rings is 1. The molecule has 3 atom stereocenters. The van der Waals surface area contributed by atoms with E-state index < -0.39 is 11.7 Å². The maximum absolute atomic E-state index is 13.2. The number of ether oxygens (including phenoxy) is 1. The van der Waals surface area contributed by atoms with Gasteiger partial charge in [0.05, 0.1) is 11.6 Å². The quantitative estimate of drug-likeness (QED) is 0.387. The Morgan fingerprint density at radius 2 is 1.62 bits per heavy atom. The van der Waals surface area contributed by atoms with Crippen LogP contribution in [-0.4, -0.2) is 35.9 Å². The van der Waals surface area contributed by atoms with Gasteiger partial charge in [-0.05, 0) is 55.7 Å². The highest BCUT2D eigenvalue weighted by Crippen LogP contribution is 2.34. The predicted octanol–water partition coefficient (Wildman–Crippen LogP) is 6.52. The average Bonchev–Trinajstić information content (AvgIpc) is 2.84. The Morgan fingerprint density at radius 1 is 0.971 bits per heavy atom. The van der Waals surface area contributed by atoms with E-state index in [0.717, 1.165) is 28.8 Å². The van der Waals surface area contributed by atoms with Gasteiger partial charge in [-0.25, -0.2) is 0 Å². The van der Waals surface area contributed by atoms with E-state index in [2.05, 4.69) is 4.90 Å². The lowest BCUT2D eigenvalue weighted by Crippen LogP contribution is -2.50. The number of rotatable bonds is 6. The van der Waals surface area contributed by atoms with E-state index in [1.807, 2.05) is 68.4 Å². The summed E-state index contributed by atoms with van der Waals surface area (Å²) in [6.45, 7) is 5.16. The Morgan fingerprint density at radius 3 is 2.26 bits per heavy atom. The lowest BCUT2D eigenvalue weighted by atomic mass is 9.86. The number of carbonyl (C=O) groups is 1. The molecule has 1 unspecified atom stereocenters. The summed E-state index contributed by atoms with van der Waals surface area (Å²) in [5, 5.41) is 0. The van der Waals surface area contributed by atoms with Gasteiger partial charge in [-0.2, -0.15) is 13.2 Å². The molecule has 178 valence electrons. The Labute approximate surface area is 198 Å². The summed E-state index contributed by atoms with van der Waals surface area (Å²) in [5.74, 6) is 0.479. The third-order valence-electron chi connectivity index (χ3n) is 6.62. The molecule has 3 nitrogen and oxygen atoms in total. The number of ketones is 1. The van der Waals surface area contributed by atoms with Crippen molar-refractivity contribution in [2.75, 3.05) is 13.1 Å². The molecule has 1 fully saturated rings. The van der Waals surface area contributed by atoms with E-state index in [9.17, 15) is 18.0 Å². The van der Waals surface area contributed by atoms with Crippen LogP contribution < -0.4 is 4.74 Å². The van der Waals surface area contributed by atoms with Crippen molar-refractivity contribution in [3.05, 3.63) is 101 Å². The van der Waals surface area contributed by atoms with Crippen molar-refractivity contribution in [3.8, 4) is 5.75 Å². The number of nitrogens with zero attached hydrogens (tertiary/aromatic N) is 1. The molecule has 3 aromatic rings. The van der Waals surface area contributed by atoms with E-state index >= 15 is 0 Å². The van der Waals surface area contributed by atoms with Gasteiger partial charge in [-0.3, -0.25) is 9.69 Å². The lowest BCUT2D eigenvalue weighted by molar-refractivity contribution is -0.137. The third-order valence-corrected chi connectivity index (χ3v) is 6.62. The minimum atomic E-state index is -4.38. The van der Waals surface area contributed by atoms with Crippen LogP contribution in [0.1, 0.15) is 46.3 Å². The fourth-order valence-corrected chi connectivity index (χ4v) is 4.61. The van der Waals surface area contributed by atoms with Crippen molar-refractivity contribution in [1.29, 1.82) is 0 Å². The highest BCUT2D eigenvalue weighted by Gasteiger charge is 2.36. The second kappa shape index (κ2) is 10.0. The summed E-state index contributed by atoms with van der Waals surface area (Å²) in [7, 11) is 0. The number of hydrogen-bond donors (Lipinski definition) is 0. The van der Waals surface area contributed by atoms with E-state index in [-0.39, 0.29) is 23.8 Å². The smallest absolute Gasteiger partial charge is 0.416 e. The summed E-state index contributed by atoms with van der Waals surface area (Å²) < 4.78 is 45.0. The van der Waals surface area contributed by atoms with Crippen LogP contribution in [0.4, 0.5) is 13.2 Å². The first kappa shape index (κ1) is 24.0. The first-order valence-corrected chi connectivity index (χ1v) is 11.5. The fraction of sp³-hybridized carbons (Fsp3) is 0.321. The van der Waals surface area contributed by atoms with E-state index in [0.29, 0.717) is 25.3 Å². The van der Waals surface area contributed by atoms with Crippen molar-refractivity contribution in [2.24, 2.45) is 0 Å². The summed E-state index contributed by atoms with van der Waals surface area (Å²) in [6, 6.07) is 22.1. The second-order valence-electron chi connectivity index (χ2n) is 8.83. The molecule has 0 N–H and O–H groups in total. The Hall–Kier alpha value is -3.12. The average molecular weight is 468 g/mol.